The lowest BCUT2D eigenvalue weighted by Crippen LogP contribution is -1.90. The predicted molar refractivity (Wildman–Crippen MR) is 41.4 cm³/mol. The van der Waals surface area contributed by atoms with Gasteiger partial charge in [0.15, 0.2) is 0 Å². The van der Waals surface area contributed by atoms with Crippen LogP contribution in [0.3, 0.4) is 0 Å². The molecule has 0 amide bonds. The molecule has 3 heteroatoms. The van der Waals surface area contributed by atoms with Crippen LogP contribution in [0.1, 0.15) is 6.92 Å². The minimum atomic E-state index is 0.370. The van der Waals surface area contributed by atoms with Crippen LogP contribution in [0.4, 0.5) is 0 Å². The molecule has 0 bridgehead atoms. The summed E-state index contributed by atoms with van der Waals surface area (Å²) in [6, 6.07) is 0. The molecule has 9 heavy (non-hydrogen) atoms. The van der Waals surface area contributed by atoms with Gasteiger partial charge in [0.1, 0.15) is 5.82 Å². The molecule has 0 aliphatic heterocycles. The maximum absolute atomic E-state index is 5.48. The maximum atomic E-state index is 5.48. The van der Waals surface area contributed by atoms with Gasteiger partial charge in [-0.15, -0.1) is 0 Å². The van der Waals surface area contributed by atoms with Crippen LogP contribution in [-0.2, 0) is 0 Å². The first-order valence-corrected chi connectivity index (χ1v) is 2.81. The molecule has 50 valence electrons. The Morgan fingerprint density at radius 1 is 1.67 bits per heavy atom. The van der Waals surface area contributed by atoms with Crippen molar-refractivity contribution in [1.82, 2.24) is 0 Å². The van der Waals surface area contributed by atoms with Crippen molar-refractivity contribution in [1.29, 1.82) is 0 Å². The van der Waals surface area contributed by atoms with E-state index in [0.717, 1.165) is 0 Å². The van der Waals surface area contributed by atoms with E-state index in [2.05, 4.69) is 11.7 Å². The normalized spacial score (nSPS) is 13.6. The van der Waals surface area contributed by atoms with Crippen molar-refractivity contribution in [3.63, 3.8) is 0 Å². The fourth-order valence-electron chi connectivity index (χ4n) is 0.253. The van der Waals surface area contributed by atoms with Gasteiger partial charge in [-0.2, -0.15) is 0 Å². The second-order valence-corrected chi connectivity index (χ2v) is 2.10. The number of hydrogen-bond donors (Lipinski definition) is 1. The third-order valence-electron chi connectivity index (χ3n) is 0.666. The van der Waals surface area contributed by atoms with Gasteiger partial charge in [0.05, 0.1) is 0 Å². The highest BCUT2D eigenvalue weighted by Gasteiger charge is 1.77. The van der Waals surface area contributed by atoms with Crippen molar-refractivity contribution >= 4 is 18.3 Å². The van der Waals surface area contributed by atoms with Gasteiger partial charge in [-0.05, 0) is 25.8 Å². The Balaban J connectivity index is 3.98. The zero-order valence-corrected chi connectivity index (χ0v) is 6.02. The number of aliphatic imine (C=N–C) groups is 1. The highest BCUT2D eigenvalue weighted by Crippen LogP contribution is 1.98. The average molecular weight is 145 g/mol. The van der Waals surface area contributed by atoms with Gasteiger partial charge >= 0.3 is 0 Å². The van der Waals surface area contributed by atoms with Crippen molar-refractivity contribution in [2.24, 2.45) is 10.7 Å². The second kappa shape index (κ2) is 4.15. The van der Waals surface area contributed by atoms with E-state index < -0.39 is 0 Å². The van der Waals surface area contributed by atoms with Crippen LogP contribution < -0.4 is 5.73 Å². The lowest BCUT2D eigenvalue weighted by Gasteiger charge is -1.85. The first kappa shape index (κ1) is 8.24. The quantitative estimate of drug-likeness (QED) is 0.464. The molecule has 0 radical (unpaired) electrons. The molecule has 0 unspecified atom stereocenters. The smallest absolute Gasteiger partial charge is 0.122 e. The Hall–Kier alpha value is -0.760. The fourth-order valence-corrected chi connectivity index (χ4v) is 0.316. The molecule has 0 atom stereocenters. The van der Waals surface area contributed by atoms with E-state index in [-0.39, 0.29) is 0 Å². The molecule has 2 nitrogen and oxygen atoms in total. The molecule has 0 rings (SSSR count). The zero-order chi connectivity index (χ0) is 7.28. The topological polar surface area (TPSA) is 38.4 Å². The SMILES string of the molecule is C=N/C(N)=C\C=C(/C)Cl. The van der Waals surface area contributed by atoms with Crippen LogP contribution in [0.25, 0.3) is 0 Å². The maximum Gasteiger partial charge on any atom is 0.122 e. The average Bonchev–Trinajstić information content (AvgIpc) is 1.83. The van der Waals surface area contributed by atoms with Gasteiger partial charge in [0.25, 0.3) is 0 Å². The van der Waals surface area contributed by atoms with E-state index in [1.165, 1.54) is 0 Å². The highest BCUT2D eigenvalue weighted by atomic mass is 35.5. The number of rotatable bonds is 2. The Morgan fingerprint density at radius 3 is 2.56 bits per heavy atom. The van der Waals surface area contributed by atoms with E-state index in [0.29, 0.717) is 10.9 Å². The summed E-state index contributed by atoms with van der Waals surface area (Å²) < 4.78 is 0. The van der Waals surface area contributed by atoms with Crippen LogP contribution >= 0.6 is 11.6 Å². The Labute approximate surface area is 59.7 Å². The van der Waals surface area contributed by atoms with Gasteiger partial charge in [0.2, 0.25) is 0 Å². The molecule has 0 spiro atoms. The van der Waals surface area contributed by atoms with Gasteiger partial charge in [-0.25, -0.2) is 4.99 Å². The predicted octanol–water partition coefficient (Wildman–Crippen LogP) is 1.63. The van der Waals surface area contributed by atoms with Crippen molar-refractivity contribution in [2.75, 3.05) is 0 Å². The molecular formula is C6H9ClN2. The van der Waals surface area contributed by atoms with E-state index in [4.69, 9.17) is 17.3 Å². The molecular weight excluding hydrogens is 136 g/mol. The standard InChI is InChI=1S/C6H9ClN2/c1-5(7)3-4-6(8)9-2/h3-4H,2,8H2,1H3/b5-3+,6-4-. The summed E-state index contributed by atoms with van der Waals surface area (Å²) in [5.41, 5.74) is 5.25. The molecule has 0 aliphatic rings. The molecule has 0 saturated carbocycles. The first-order valence-electron chi connectivity index (χ1n) is 2.43. The van der Waals surface area contributed by atoms with Crippen molar-refractivity contribution in [2.45, 2.75) is 6.92 Å². The van der Waals surface area contributed by atoms with E-state index in [1.807, 2.05) is 0 Å². The van der Waals surface area contributed by atoms with E-state index >= 15 is 0 Å². The molecule has 0 fully saturated rings. The monoisotopic (exact) mass is 144 g/mol. The van der Waals surface area contributed by atoms with Crippen molar-refractivity contribution < 1.29 is 0 Å². The van der Waals surface area contributed by atoms with Crippen LogP contribution in [0.15, 0.2) is 28.0 Å². The van der Waals surface area contributed by atoms with E-state index in [9.17, 15) is 0 Å². The molecule has 0 aromatic carbocycles. The summed E-state index contributed by atoms with van der Waals surface area (Å²) in [4.78, 5) is 3.45. The number of hydrogen-bond acceptors (Lipinski definition) is 2. The number of allylic oxidation sites excluding steroid dienone is 3. The molecule has 0 saturated heterocycles. The summed E-state index contributed by atoms with van der Waals surface area (Å²) in [5, 5.41) is 0.668. The lowest BCUT2D eigenvalue weighted by atomic mass is 10.5. The van der Waals surface area contributed by atoms with Crippen molar-refractivity contribution in [3.8, 4) is 0 Å². The molecule has 0 heterocycles. The Kier molecular flexibility index (Phi) is 3.80. The number of nitrogens with two attached hydrogens (primary N) is 1. The summed E-state index contributed by atoms with van der Waals surface area (Å²) >= 11 is 5.48. The van der Waals surface area contributed by atoms with Gasteiger partial charge < -0.3 is 5.73 Å². The number of nitrogens with zero attached hydrogens (tertiary/aromatic N) is 1. The van der Waals surface area contributed by atoms with Gasteiger partial charge in [0, 0.05) is 5.03 Å². The first-order chi connectivity index (χ1) is 4.16. The minimum absolute atomic E-state index is 0.370. The zero-order valence-electron chi connectivity index (χ0n) is 5.26. The summed E-state index contributed by atoms with van der Waals surface area (Å²) in [6.07, 6.45) is 3.25. The van der Waals surface area contributed by atoms with Gasteiger partial charge in [-0.1, -0.05) is 11.6 Å². The lowest BCUT2D eigenvalue weighted by molar-refractivity contribution is 1.26. The second-order valence-electron chi connectivity index (χ2n) is 1.50. The third kappa shape index (κ3) is 5.11. The van der Waals surface area contributed by atoms with Gasteiger partial charge in [-0.3, -0.25) is 0 Å². The Bertz CT molecular complexity index is 154. The third-order valence-corrected chi connectivity index (χ3v) is 0.792. The fraction of sp³-hybridized carbons (Fsp3) is 0.167. The van der Waals surface area contributed by atoms with Crippen LogP contribution in [0, 0.1) is 0 Å². The van der Waals surface area contributed by atoms with E-state index in [1.54, 1.807) is 19.1 Å². The Morgan fingerprint density at radius 2 is 2.22 bits per heavy atom. The molecule has 2 N–H and O–H groups in total. The van der Waals surface area contributed by atoms with Crippen LogP contribution in [0.2, 0.25) is 0 Å². The molecule has 0 aromatic rings. The molecule has 0 aliphatic carbocycles. The van der Waals surface area contributed by atoms with Crippen LogP contribution in [-0.4, -0.2) is 6.72 Å². The van der Waals surface area contributed by atoms with Crippen molar-refractivity contribution in [3.05, 3.63) is 23.0 Å². The largest absolute Gasteiger partial charge is 0.384 e. The summed E-state index contributed by atoms with van der Waals surface area (Å²) in [6.45, 7) is 4.98. The summed E-state index contributed by atoms with van der Waals surface area (Å²) in [7, 11) is 0. The highest BCUT2D eigenvalue weighted by molar-refractivity contribution is 6.29. The number of halogens is 1. The minimum Gasteiger partial charge on any atom is -0.384 e. The summed E-state index contributed by atoms with van der Waals surface area (Å²) in [5.74, 6) is 0.370. The molecule has 0 aromatic heterocycles. The van der Waals surface area contributed by atoms with Crippen LogP contribution in [0.5, 0.6) is 0 Å².